The second-order valence-electron chi connectivity index (χ2n) is 8.33. The molecule has 0 aliphatic carbocycles. The molecule has 1 atom stereocenters. The van der Waals surface area contributed by atoms with Crippen LogP contribution in [0.2, 0.25) is 0 Å². The first-order valence-electron chi connectivity index (χ1n) is 11.4. The highest BCUT2D eigenvalue weighted by Crippen LogP contribution is 2.16. The van der Waals surface area contributed by atoms with E-state index in [0.717, 1.165) is 44.8 Å². The van der Waals surface area contributed by atoms with Crippen LogP contribution in [0.5, 0.6) is 0 Å². The van der Waals surface area contributed by atoms with Crippen LogP contribution in [0.3, 0.4) is 0 Å². The van der Waals surface area contributed by atoms with Crippen LogP contribution in [-0.2, 0) is 4.79 Å². The molecule has 10 nitrogen and oxygen atoms in total. The van der Waals surface area contributed by atoms with Crippen LogP contribution in [0.15, 0.2) is 48.5 Å². The number of fused-ring (bicyclic) bond motifs is 8. The number of aromatic amines is 2. The van der Waals surface area contributed by atoms with Crippen LogP contribution < -0.4 is 16.8 Å². The van der Waals surface area contributed by atoms with Gasteiger partial charge in [-0.05, 0) is 85.7 Å². The molecule has 184 valence electrons. The Kier molecular flexibility index (Phi) is 7.57. The molecule has 9 N–H and O–H groups in total. The molecule has 0 saturated carbocycles. The molecule has 36 heavy (non-hydrogen) atoms. The van der Waals surface area contributed by atoms with Crippen molar-refractivity contribution in [2.45, 2.75) is 18.9 Å². The maximum Gasteiger partial charge on any atom is 0.320 e. The van der Waals surface area contributed by atoms with Gasteiger partial charge in [0.25, 0.3) is 0 Å². The third-order valence-corrected chi connectivity index (χ3v) is 5.37. The topological polar surface area (TPSA) is 183 Å². The lowest BCUT2D eigenvalue weighted by Crippen LogP contribution is -2.34. The molecule has 10 heteroatoms. The number of nitrogens with one attached hydrogen (secondary N) is 4. The van der Waals surface area contributed by atoms with E-state index in [9.17, 15) is 4.79 Å². The van der Waals surface area contributed by atoms with Gasteiger partial charge in [0.2, 0.25) is 0 Å². The Morgan fingerprint density at radius 3 is 1.58 bits per heavy atom. The first kappa shape index (κ1) is 24.4. The standard InChI is InChI=1S/C20H14N4.C6H14N4O2/c1-2-14-10-16-5-6-18(23-16)12-20-8-7-19(24-20)11-17-4-3-15(22-17)9-13(1)21-14;7-4(5(11)12)2-1-3-10-6(8)9/h1-12,21,24H;4H,1-3,7H2,(H,11,12)(H4,8,9,10). The van der Waals surface area contributed by atoms with E-state index < -0.39 is 12.0 Å². The lowest BCUT2D eigenvalue weighted by atomic mass is 10.2. The number of guanidine groups is 1. The van der Waals surface area contributed by atoms with Crippen molar-refractivity contribution in [1.29, 1.82) is 5.41 Å². The van der Waals surface area contributed by atoms with Gasteiger partial charge in [-0.1, -0.05) is 0 Å². The van der Waals surface area contributed by atoms with Gasteiger partial charge in [0, 0.05) is 28.6 Å². The summed E-state index contributed by atoms with van der Waals surface area (Å²) in [6, 6.07) is 15.5. The summed E-state index contributed by atoms with van der Waals surface area (Å²) >= 11 is 0. The van der Waals surface area contributed by atoms with Crippen LogP contribution in [0.1, 0.15) is 35.6 Å². The first-order chi connectivity index (χ1) is 17.3. The molecule has 0 aromatic carbocycles. The maximum absolute atomic E-state index is 10.2. The SMILES string of the molecule is C1=Cc2cc3ccc(cc4nc(cc5ccc(cc1n2)[nH]5)C=C4)[nH]3.N=C(N)NCCCC(N)C(=O)O. The van der Waals surface area contributed by atoms with Crippen LogP contribution in [0.4, 0.5) is 0 Å². The van der Waals surface area contributed by atoms with Gasteiger partial charge in [-0.2, -0.15) is 0 Å². The van der Waals surface area contributed by atoms with Gasteiger partial charge in [-0.25, -0.2) is 9.97 Å². The number of hydrogen-bond acceptors (Lipinski definition) is 5. The van der Waals surface area contributed by atoms with E-state index in [4.69, 9.17) is 22.0 Å². The normalized spacial score (nSPS) is 12.5. The Bertz CT molecular complexity index is 1310. The van der Waals surface area contributed by atoms with E-state index in [-0.39, 0.29) is 5.96 Å². The number of carboxylic acid groups (broad SMARTS) is 1. The van der Waals surface area contributed by atoms with Gasteiger partial charge < -0.3 is 31.9 Å². The second kappa shape index (κ2) is 11.2. The highest BCUT2D eigenvalue weighted by molar-refractivity contribution is 5.77. The quantitative estimate of drug-likeness (QED) is 0.113. The summed E-state index contributed by atoms with van der Waals surface area (Å²) in [5, 5.41) is 17.7. The third-order valence-electron chi connectivity index (χ3n) is 5.37. The van der Waals surface area contributed by atoms with Crippen LogP contribution >= 0.6 is 0 Å². The van der Waals surface area contributed by atoms with Crippen molar-refractivity contribution >= 4 is 58.3 Å². The number of aliphatic carboxylic acids is 1. The highest BCUT2D eigenvalue weighted by atomic mass is 16.4. The Morgan fingerprint density at radius 2 is 1.25 bits per heavy atom. The smallest absolute Gasteiger partial charge is 0.320 e. The van der Waals surface area contributed by atoms with Gasteiger partial charge in [0.05, 0.1) is 22.8 Å². The van der Waals surface area contributed by atoms with E-state index in [1.54, 1.807) is 0 Å². The van der Waals surface area contributed by atoms with Gasteiger partial charge in [-0.15, -0.1) is 0 Å². The predicted octanol–water partition coefficient (Wildman–Crippen LogP) is 3.32. The summed E-state index contributed by atoms with van der Waals surface area (Å²) in [6.45, 7) is 0.482. The van der Waals surface area contributed by atoms with Crippen molar-refractivity contribution in [3.8, 4) is 0 Å². The average molecular weight is 485 g/mol. The van der Waals surface area contributed by atoms with Crippen LogP contribution in [0.25, 0.3) is 46.4 Å². The van der Waals surface area contributed by atoms with Crippen molar-refractivity contribution in [1.82, 2.24) is 25.3 Å². The number of carboxylic acids is 1. The van der Waals surface area contributed by atoms with Gasteiger partial charge in [-0.3, -0.25) is 10.2 Å². The molecule has 2 aliphatic rings. The van der Waals surface area contributed by atoms with E-state index in [1.807, 2.05) is 48.6 Å². The molecule has 0 radical (unpaired) electrons. The molecule has 3 aromatic heterocycles. The Balaban J connectivity index is 0.000000218. The van der Waals surface area contributed by atoms with Crippen LogP contribution in [0, 0.1) is 5.41 Å². The Labute approximate surface area is 207 Å². The molecule has 2 aliphatic heterocycles. The Morgan fingerprint density at radius 1 is 0.861 bits per heavy atom. The van der Waals surface area contributed by atoms with E-state index in [2.05, 4.69) is 49.5 Å². The number of aromatic nitrogens is 4. The molecule has 0 spiro atoms. The lowest BCUT2D eigenvalue weighted by molar-refractivity contribution is -0.138. The van der Waals surface area contributed by atoms with Crippen molar-refractivity contribution in [3.63, 3.8) is 0 Å². The zero-order valence-electron chi connectivity index (χ0n) is 19.5. The molecule has 0 fully saturated rings. The number of carbonyl (C=O) groups is 1. The summed E-state index contributed by atoms with van der Waals surface area (Å²) in [5.41, 5.74) is 18.1. The summed E-state index contributed by atoms with van der Waals surface area (Å²) in [7, 11) is 0. The molecule has 1 unspecified atom stereocenters. The number of nitrogens with zero attached hydrogens (tertiary/aromatic N) is 2. The summed E-state index contributed by atoms with van der Waals surface area (Å²) in [5.74, 6) is -1.11. The molecule has 8 bridgehead atoms. The zero-order chi connectivity index (χ0) is 25.5. The molecular weight excluding hydrogens is 456 g/mol. The predicted molar refractivity (Wildman–Crippen MR) is 144 cm³/mol. The summed E-state index contributed by atoms with van der Waals surface area (Å²) in [4.78, 5) is 26.2. The molecule has 0 saturated heterocycles. The van der Waals surface area contributed by atoms with Crippen molar-refractivity contribution < 1.29 is 9.90 Å². The van der Waals surface area contributed by atoms with Gasteiger partial charge in [0.15, 0.2) is 5.96 Å². The number of H-pyrrole nitrogens is 2. The monoisotopic (exact) mass is 484 g/mol. The lowest BCUT2D eigenvalue weighted by Gasteiger charge is -2.06. The van der Waals surface area contributed by atoms with Crippen molar-refractivity contribution in [3.05, 3.63) is 71.3 Å². The fourth-order valence-corrected chi connectivity index (χ4v) is 3.61. The van der Waals surface area contributed by atoms with E-state index in [0.29, 0.717) is 19.4 Å². The molecule has 5 rings (SSSR count). The minimum Gasteiger partial charge on any atom is -0.480 e. The maximum atomic E-state index is 10.2. The summed E-state index contributed by atoms with van der Waals surface area (Å²) < 4.78 is 0. The van der Waals surface area contributed by atoms with Crippen molar-refractivity contribution in [2.75, 3.05) is 6.54 Å². The number of rotatable bonds is 5. The number of hydrogen-bond donors (Lipinski definition) is 7. The average Bonchev–Trinajstić information content (AvgIpc) is 3.63. The fourth-order valence-electron chi connectivity index (χ4n) is 3.61. The molecule has 0 amide bonds. The van der Waals surface area contributed by atoms with E-state index in [1.165, 1.54) is 0 Å². The number of nitrogens with two attached hydrogens (primary N) is 2. The molecular formula is C26H28N8O2. The third kappa shape index (κ3) is 6.90. The minimum absolute atomic E-state index is 0.112. The molecule has 3 aromatic rings. The van der Waals surface area contributed by atoms with Crippen molar-refractivity contribution in [2.24, 2.45) is 11.5 Å². The second-order valence-corrected chi connectivity index (χ2v) is 8.33. The largest absolute Gasteiger partial charge is 0.480 e. The fraction of sp³-hybridized carbons (Fsp3) is 0.154. The van der Waals surface area contributed by atoms with Crippen LogP contribution in [-0.4, -0.2) is 49.6 Å². The highest BCUT2D eigenvalue weighted by Gasteiger charge is 2.09. The Hall–Kier alpha value is -4.70. The first-order valence-corrected chi connectivity index (χ1v) is 11.4. The van der Waals surface area contributed by atoms with Gasteiger partial charge in [0.1, 0.15) is 6.04 Å². The van der Waals surface area contributed by atoms with Gasteiger partial charge >= 0.3 is 5.97 Å². The van der Waals surface area contributed by atoms with E-state index >= 15 is 0 Å². The zero-order valence-corrected chi connectivity index (χ0v) is 19.5. The minimum atomic E-state index is -1.00. The summed E-state index contributed by atoms with van der Waals surface area (Å²) in [6.07, 6.45) is 9.07. The molecule has 5 heterocycles.